The second kappa shape index (κ2) is 20.7. The average Bonchev–Trinajstić information content (AvgIpc) is 3.87. The average molecular weight is 1150 g/mol. The standard InChI is InChI=1S/C70H44N3S.Ir/c1-46-15-14-22-64-63-37-34-51(45-69(63)74-70(46)64)65-44-52(68-25-10-13-40-73-68)35-36-62(65)61-21-7-6-20-60(61)55-42-53(58-18-4-2-16-56(58)47-26-30-49(31-27-47)66-23-8-11-38-71-66)41-54(43-55)59-19-5-3-17-57(59)48-28-32-50(33-29-48)67-24-9-12-39-72-67;/h2-30,32,34,36-45H,1H3;/q-3;+3. The molecule has 354 valence electrons. The van der Waals surface area contributed by atoms with Crippen LogP contribution in [0.2, 0.25) is 0 Å². The van der Waals surface area contributed by atoms with E-state index in [1.54, 1.807) is 0 Å². The van der Waals surface area contributed by atoms with Crippen LogP contribution in [-0.4, -0.2) is 15.0 Å². The minimum absolute atomic E-state index is 0. The fourth-order valence-electron chi connectivity index (χ4n) is 10.3. The number of hydrogen-bond donors (Lipinski definition) is 0. The minimum atomic E-state index is 0. The number of aryl methyl sites for hydroxylation is 1. The summed E-state index contributed by atoms with van der Waals surface area (Å²) in [7, 11) is 0. The van der Waals surface area contributed by atoms with Gasteiger partial charge in [0, 0.05) is 38.8 Å². The largest absolute Gasteiger partial charge is 3.00 e. The SMILES string of the molecule is Cc1cccc2c1sc1cc(-c3cc(-c4ccccn4)[c-]cc3-c3ccccc3-c3cc(-c4ccccc4-c4c[c-]c(-c5ccccn5)cc4)cc(-c4ccccc4-c4c[c-]c(-c5ccccn5)cc4)c3)ccc12.[Ir+3]. The smallest absolute Gasteiger partial charge is 0.305 e. The van der Waals surface area contributed by atoms with Gasteiger partial charge in [-0.25, -0.2) is 0 Å². The monoisotopic (exact) mass is 1150 g/mol. The molecule has 0 bridgehead atoms. The zero-order valence-electron chi connectivity index (χ0n) is 40.8. The predicted octanol–water partition coefficient (Wildman–Crippen LogP) is 18.6. The summed E-state index contributed by atoms with van der Waals surface area (Å²) in [5.41, 5.74) is 22.4. The first kappa shape index (κ1) is 47.3. The van der Waals surface area contributed by atoms with Crippen LogP contribution in [0.15, 0.2) is 249 Å². The van der Waals surface area contributed by atoms with E-state index in [9.17, 15) is 0 Å². The maximum absolute atomic E-state index is 4.77. The number of benzene rings is 9. The van der Waals surface area contributed by atoms with Gasteiger partial charge in [0.25, 0.3) is 0 Å². The predicted molar refractivity (Wildman–Crippen MR) is 308 cm³/mol. The van der Waals surface area contributed by atoms with Gasteiger partial charge in [-0.3, -0.25) is 0 Å². The minimum Gasteiger partial charge on any atom is -0.305 e. The summed E-state index contributed by atoms with van der Waals surface area (Å²) in [6.45, 7) is 2.21. The van der Waals surface area contributed by atoms with E-state index in [0.717, 1.165) is 112 Å². The van der Waals surface area contributed by atoms with Crippen LogP contribution in [0.5, 0.6) is 0 Å². The molecule has 13 aromatic rings. The maximum atomic E-state index is 4.77. The molecule has 0 radical (unpaired) electrons. The van der Waals surface area contributed by atoms with Gasteiger partial charge in [-0.1, -0.05) is 178 Å². The van der Waals surface area contributed by atoms with E-state index in [1.807, 2.05) is 78.5 Å². The normalized spacial score (nSPS) is 11.2. The summed E-state index contributed by atoms with van der Waals surface area (Å²) in [4.78, 5) is 14.0. The third kappa shape index (κ3) is 9.24. The van der Waals surface area contributed by atoms with E-state index in [4.69, 9.17) is 4.98 Å². The van der Waals surface area contributed by atoms with Gasteiger partial charge >= 0.3 is 20.1 Å². The zero-order chi connectivity index (χ0) is 49.4. The molecule has 0 aliphatic carbocycles. The summed E-state index contributed by atoms with van der Waals surface area (Å²) < 4.78 is 2.60. The van der Waals surface area contributed by atoms with Gasteiger partial charge in [0.05, 0.1) is 0 Å². The molecule has 5 heteroatoms. The van der Waals surface area contributed by atoms with Crippen molar-refractivity contribution in [3.8, 4) is 112 Å². The van der Waals surface area contributed by atoms with Crippen molar-refractivity contribution in [2.75, 3.05) is 0 Å². The molecule has 13 rings (SSSR count). The van der Waals surface area contributed by atoms with Crippen LogP contribution in [-0.2, 0) is 20.1 Å². The Morgan fingerprint density at radius 2 is 0.773 bits per heavy atom. The fourth-order valence-corrected chi connectivity index (χ4v) is 11.5. The number of nitrogens with zero attached hydrogens (tertiary/aromatic N) is 3. The Labute approximate surface area is 455 Å². The van der Waals surface area contributed by atoms with Crippen molar-refractivity contribution >= 4 is 31.5 Å². The van der Waals surface area contributed by atoms with Crippen LogP contribution in [0.4, 0.5) is 0 Å². The molecule has 0 atom stereocenters. The zero-order valence-corrected chi connectivity index (χ0v) is 44.0. The Balaban J connectivity index is 0.00000569. The second-order valence-corrected chi connectivity index (χ2v) is 19.6. The summed E-state index contributed by atoms with van der Waals surface area (Å²) in [6.07, 6.45) is 5.50. The third-order valence-electron chi connectivity index (χ3n) is 14.0. The third-order valence-corrected chi connectivity index (χ3v) is 15.3. The van der Waals surface area contributed by atoms with E-state index < -0.39 is 0 Å². The number of thiophene rings is 1. The second-order valence-electron chi connectivity index (χ2n) is 18.5. The van der Waals surface area contributed by atoms with Crippen LogP contribution in [0.3, 0.4) is 0 Å². The molecule has 0 aliphatic heterocycles. The van der Waals surface area contributed by atoms with Gasteiger partial charge in [0.2, 0.25) is 0 Å². The molecular formula is C70H44IrN3S. The molecule has 75 heavy (non-hydrogen) atoms. The molecule has 9 aromatic carbocycles. The van der Waals surface area contributed by atoms with Crippen molar-refractivity contribution in [2.24, 2.45) is 0 Å². The van der Waals surface area contributed by atoms with Crippen LogP contribution in [0, 0.1) is 25.1 Å². The molecular weight excluding hydrogens is 1110 g/mol. The summed E-state index contributed by atoms with van der Waals surface area (Å²) in [5.74, 6) is 0. The van der Waals surface area contributed by atoms with Crippen molar-refractivity contribution in [2.45, 2.75) is 6.92 Å². The molecule has 0 spiro atoms. The molecule has 4 aromatic heterocycles. The van der Waals surface area contributed by atoms with Crippen LogP contribution >= 0.6 is 11.3 Å². The molecule has 4 heterocycles. The van der Waals surface area contributed by atoms with E-state index >= 15 is 0 Å². The van der Waals surface area contributed by atoms with E-state index in [1.165, 1.54) is 25.7 Å². The van der Waals surface area contributed by atoms with Crippen molar-refractivity contribution in [1.82, 2.24) is 15.0 Å². The van der Waals surface area contributed by atoms with Crippen LogP contribution in [0.1, 0.15) is 5.56 Å². The fraction of sp³-hybridized carbons (Fsp3) is 0.0143. The Morgan fingerprint density at radius 1 is 0.320 bits per heavy atom. The number of hydrogen-bond acceptors (Lipinski definition) is 4. The molecule has 0 aliphatic rings. The summed E-state index contributed by atoms with van der Waals surface area (Å²) in [5, 5.41) is 2.58. The summed E-state index contributed by atoms with van der Waals surface area (Å²) in [6, 6.07) is 92.9. The maximum Gasteiger partial charge on any atom is 3.00 e. The molecule has 0 N–H and O–H groups in total. The van der Waals surface area contributed by atoms with Gasteiger partial charge in [0.15, 0.2) is 0 Å². The van der Waals surface area contributed by atoms with Crippen molar-refractivity contribution in [3.05, 3.63) is 273 Å². The Morgan fingerprint density at radius 3 is 1.27 bits per heavy atom. The van der Waals surface area contributed by atoms with E-state index in [2.05, 4.69) is 217 Å². The first-order chi connectivity index (χ1) is 36.6. The number of fused-ring (bicyclic) bond motifs is 3. The Kier molecular flexibility index (Phi) is 13.0. The van der Waals surface area contributed by atoms with Crippen molar-refractivity contribution in [1.29, 1.82) is 0 Å². The van der Waals surface area contributed by atoms with Crippen LogP contribution in [0.25, 0.3) is 132 Å². The van der Waals surface area contributed by atoms with Gasteiger partial charge in [-0.15, -0.1) is 94.8 Å². The molecule has 0 fully saturated rings. The Bertz CT molecular complexity index is 4030. The molecule has 0 saturated carbocycles. The first-order valence-electron chi connectivity index (χ1n) is 24.8. The molecule has 0 unspecified atom stereocenters. The molecule has 3 nitrogen and oxygen atoms in total. The van der Waals surface area contributed by atoms with Gasteiger partial charge in [-0.2, -0.15) is 0 Å². The number of pyridine rings is 3. The van der Waals surface area contributed by atoms with E-state index in [-0.39, 0.29) is 20.1 Å². The van der Waals surface area contributed by atoms with Crippen molar-refractivity contribution in [3.63, 3.8) is 0 Å². The topological polar surface area (TPSA) is 38.7 Å². The first-order valence-corrected chi connectivity index (χ1v) is 25.6. The number of aromatic nitrogens is 3. The van der Waals surface area contributed by atoms with Gasteiger partial charge in [0.1, 0.15) is 0 Å². The molecule has 0 saturated heterocycles. The van der Waals surface area contributed by atoms with Crippen LogP contribution < -0.4 is 0 Å². The van der Waals surface area contributed by atoms with Gasteiger partial charge < -0.3 is 15.0 Å². The van der Waals surface area contributed by atoms with E-state index in [0.29, 0.717) is 0 Å². The number of rotatable bonds is 10. The quantitative estimate of drug-likeness (QED) is 0.128. The molecule has 0 amide bonds. The van der Waals surface area contributed by atoms with Crippen molar-refractivity contribution < 1.29 is 20.1 Å². The summed E-state index contributed by atoms with van der Waals surface area (Å²) >= 11 is 1.87. The Hall–Kier alpha value is -8.70. The van der Waals surface area contributed by atoms with Gasteiger partial charge in [-0.05, 0) is 111 Å².